The maximum Gasteiger partial charge on any atom is 0.455 e. The molecule has 15 heteroatoms. The number of carbonyl (C=O) groups excluding carboxylic acids is 2. The van der Waals surface area contributed by atoms with Crippen LogP contribution in [0, 0.1) is 6.92 Å². The second kappa shape index (κ2) is 10.3. The van der Waals surface area contributed by atoms with Crippen LogP contribution in [0.15, 0.2) is 45.3 Å². The summed E-state index contributed by atoms with van der Waals surface area (Å²) in [7, 11) is 1.45. The summed E-state index contributed by atoms with van der Waals surface area (Å²) in [6.45, 7) is 1.25. The predicted octanol–water partition coefficient (Wildman–Crippen LogP) is 4.73. The van der Waals surface area contributed by atoms with Crippen LogP contribution < -0.4 is 10.6 Å². The molecule has 0 saturated carbocycles. The van der Waals surface area contributed by atoms with E-state index in [0.717, 1.165) is 0 Å². The number of nitrogens with one attached hydrogen (secondary N) is 2. The molecule has 37 heavy (non-hydrogen) atoms. The molecule has 10 nitrogen and oxygen atoms in total. The molecule has 0 aliphatic carbocycles. The summed E-state index contributed by atoms with van der Waals surface area (Å²) in [6.07, 6.45) is -4.78. The Balaban J connectivity index is 1.75. The highest BCUT2D eigenvalue weighted by Gasteiger charge is 2.37. The Bertz CT molecular complexity index is 1500. The van der Waals surface area contributed by atoms with Crippen molar-refractivity contribution in [1.29, 1.82) is 0 Å². The zero-order valence-electron chi connectivity index (χ0n) is 19.0. The van der Waals surface area contributed by atoms with E-state index in [1.807, 2.05) is 0 Å². The van der Waals surface area contributed by atoms with Crippen molar-refractivity contribution >= 4 is 45.0 Å². The zero-order valence-corrected chi connectivity index (χ0v) is 21.4. The Morgan fingerprint density at radius 2 is 1.92 bits per heavy atom. The Morgan fingerprint density at radius 3 is 2.57 bits per heavy atom. The van der Waals surface area contributed by atoms with Crippen LogP contribution in [-0.2, 0) is 12.7 Å². The average molecular weight is 599 g/mol. The number of alkyl halides is 3. The summed E-state index contributed by atoms with van der Waals surface area (Å²) in [5.41, 5.74) is 1.10. The molecule has 4 rings (SSSR count). The number of oxazole rings is 1. The van der Waals surface area contributed by atoms with Crippen LogP contribution in [0.4, 0.5) is 18.9 Å². The maximum absolute atomic E-state index is 13.4. The van der Waals surface area contributed by atoms with Gasteiger partial charge in [-0.25, -0.2) is 4.98 Å². The molecular formula is C22H16BrClF3N7O3. The number of rotatable bonds is 6. The molecule has 2 heterocycles. The highest BCUT2D eigenvalue weighted by atomic mass is 79.9. The van der Waals surface area contributed by atoms with Crippen molar-refractivity contribution in [1.82, 2.24) is 30.5 Å². The average Bonchev–Trinajstić information content (AvgIpc) is 3.48. The smallest absolute Gasteiger partial charge is 0.438 e. The zero-order chi connectivity index (χ0) is 26.9. The molecule has 0 unspecified atom stereocenters. The first kappa shape index (κ1) is 26.3. The quantitative estimate of drug-likeness (QED) is 0.328. The van der Waals surface area contributed by atoms with Crippen molar-refractivity contribution in [2.24, 2.45) is 0 Å². The van der Waals surface area contributed by atoms with E-state index < -0.39 is 30.4 Å². The third kappa shape index (κ3) is 5.64. The van der Waals surface area contributed by atoms with Gasteiger partial charge in [0.2, 0.25) is 5.89 Å². The number of hydrogen-bond acceptors (Lipinski definition) is 7. The number of tetrazole rings is 1. The van der Waals surface area contributed by atoms with Gasteiger partial charge in [-0.2, -0.15) is 18.0 Å². The summed E-state index contributed by atoms with van der Waals surface area (Å²) in [6, 6.07) is 9.72. The summed E-state index contributed by atoms with van der Waals surface area (Å²) in [4.78, 5) is 30.6. The summed E-state index contributed by atoms with van der Waals surface area (Å²) in [5, 5.41) is 15.0. The lowest BCUT2D eigenvalue weighted by molar-refractivity contribution is -0.145. The van der Waals surface area contributed by atoms with Crippen molar-refractivity contribution in [2.75, 3.05) is 12.4 Å². The van der Waals surface area contributed by atoms with E-state index in [4.69, 9.17) is 16.0 Å². The lowest BCUT2D eigenvalue weighted by atomic mass is 10.1. The van der Waals surface area contributed by atoms with Crippen LogP contribution in [0.1, 0.15) is 38.1 Å². The number of amides is 2. The van der Waals surface area contributed by atoms with Crippen LogP contribution in [0.25, 0.3) is 11.3 Å². The number of hydrogen-bond donors (Lipinski definition) is 2. The van der Waals surface area contributed by atoms with Gasteiger partial charge in [-0.3, -0.25) is 9.59 Å². The summed E-state index contributed by atoms with van der Waals surface area (Å²) in [5.74, 6) is -2.83. The van der Waals surface area contributed by atoms with Crippen LogP contribution >= 0.6 is 27.5 Å². The first-order valence-electron chi connectivity index (χ1n) is 10.4. The Hall–Kier alpha value is -3.78. The van der Waals surface area contributed by atoms with Gasteiger partial charge in [0.05, 0.1) is 16.3 Å². The molecule has 0 fully saturated rings. The van der Waals surface area contributed by atoms with Gasteiger partial charge in [-0.1, -0.05) is 39.7 Å². The van der Waals surface area contributed by atoms with Gasteiger partial charge in [0, 0.05) is 17.1 Å². The lowest BCUT2D eigenvalue weighted by Gasteiger charge is -2.14. The first-order valence-corrected chi connectivity index (χ1v) is 11.6. The molecule has 192 valence electrons. The van der Waals surface area contributed by atoms with Crippen LogP contribution in [0.5, 0.6) is 0 Å². The number of benzene rings is 2. The highest BCUT2D eigenvalue weighted by molar-refractivity contribution is 9.10. The van der Waals surface area contributed by atoms with Crippen molar-refractivity contribution in [3.8, 4) is 11.3 Å². The Morgan fingerprint density at radius 1 is 1.19 bits per heavy atom. The molecule has 0 saturated heterocycles. The summed E-state index contributed by atoms with van der Waals surface area (Å²) < 4.78 is 44.9. The van der Waals surface area contributed by atoms with E-state index in [-0.39, 0.29) is 33.6 Å². The van der Waals surface area contributed by atoms with E-state index in [1.54, 1.807) is 43.3 Å². The van der Waals surface area contributed by atoms with Gasteiger partial charge in [0.1, 0.15) is 6.54 Å². The van der Waals surface area contributed by atoms with Crippen molar-refractivity contribution in [2.45, 2.75) is 19.6 Å². The molecule has 2 aromatic carbocycles. The standard InChI is InChI=1S/C22H16BrClF3N7O3/c1-10-7-11(23)8-13(19(35)28-2)16(10)30-20(36)17-18(12-5-3-4-6-14(12)24)37-15(29-17)9-34-32-21(31-33-34)22(25,26)27/h3-8H,9H2,1-2H3,(H,28,35)(H,30,36). The van der Waals surface area contributed by atoms with Gasteiger partial charge < -0.3 is 15.1 Å². The van der Waals surface area contributed by atoms with Crippen molar-refractivity contribution in [3.05, 3.63) is 74.4 Å². The van der Waals surface area contributed by atoms with Gasteiger partial charge in [0.15, 0.2) is 11.5 Å². The minimum atomic E-state index is -4.78. The van der Waals surface area contributed by atoms with E-state index in [2.05, 4.69) is 47.0 Å². The van der Waals surface area contributed by atoms with Crippen LogP contribution in [0.3, 0.4) is 0 Å². The van der Waals surface area contributed by atoms with Gasteiger partial charge >= 0.3 is 6.18 Å². The van der Waals surface area contributed by atoms with Crippen LogP contribution in [-0.4, -0.2) is 44.1 Å². The molecule has 0 radical (unpaired) electrons. The molecule has 4 aromatic rings. The third-order valence-corrected chi connectivity index (χ3v) is 5.79. The fourth-order valence-corrected chi connectivity index (χ4v) is 4.15. The van der Waals surface area contributed by atoms with E-state index >= 15 is 0 Å². The maximum atomic E-state index is 13.4. The molecule has 0 aliphatic heterocycles. The SMILES string of the molecule is CNC(=O)c1cc(Br)cc(C)c1NC(=O)c1nc(Cn2nnc(C(F)(F)F)n2)oc1-c1ccccc1Cl. The first-order chi connectivity index (χ1) is 17.5. The normalized spacial score (nSPS) is 11.4. The molecule has 2 amide bonds. The second-order valence-electron chi connectivity index (χ2n) is 7.58. The Kier molecular flexibility index (Phi) is 7.32. The van der Waals surface area contributed by atoms with E-state index in [1.165, 1.54) is 7.05 Å². The minimum absolute atomic E-state index is 0.0366. The predicted molar refractivity (Wildman–Crippen MR) is 129 cm³/mol. The molecule has 2 aromatic heterocycles. The minimum Gasteiger partial charge on any atom is -0.438 e. The lowest BCUT2D eigenvalue weighted by Crippen LogP contribution is -2.22. The van der Waals surface area contributed by atoms with Gasteiger partial charge in [-0.15, -0.1) is 10.2 Å². The number of nitrogens with zero attached hydrogens (tertiary/aromatic N) is 5. The molecule has 2 N–H and O–H groups in total. The molecule has 0 bridgehead atoms. The number of aromatic nitrogens is 5. The fourth-order valence-electron chi connectivity index (χ4n) is 3.35. The second-order valence-corrected chi connectivity index (χ2v) is 8.91. The number of carbonyl (C=O) groups is 2. The monoisotopic (exact) mass is 597 g/mol. The third-order valence-electron chi connectivity index (χ3n) is 5.00. The Labute approximate surface area is 220 Å². The fraction of sp³-hybridized carbons (Fsp3) is 0.182. The largest absolute Gasteiger partial charge is 0.455 e. The molecule has 0 spiro atoms. The molecule has 0 atom stereocenters. The van der Waals surface area contributed by atoms with Gasteiger partial charge in [-0.05, 0) is 42.0 Å². The number of anilines is 1. The van der Waals surface area contributed by atoms with E-state index in [0.29, 0.717) is 20.4 Å². The highest BCUT2D eigenvalue weighted by Crippen LogP contribution is 2.33. The molecular weight excluding hydrogens is 583 g/mol. The van der Waals surface area contributed by atoms with Gasteiger partial charge in [0.25, 0.3) is 17.6 Å². The van der Waals surface area contributed by atoms with Crippen molar-refractivity contribution in [3.63, 3.8) is 0 Å². The molecule has 0 aliphatic rings. The van der Waals surface area contributed by atoms with Crippen molar-refractivity contribution < 1.29 is 27.2 Å². The summed E-state index contributed by atoms with van der Waals surface area (Å²) >= 11 is 9.63. The number of halogens is 5. The van der Waals surface area contributed by atoms with E-state index in [9.17, 15) is 22.8 Å². The number of aryl methyl sites for hydroxylation is 1. The van der Waals surface area contributed by atoms with Crippen LogP contribution in [0.2, 0.25) is 5.02 Å². The topological polar surface area (TPSA) is 128 Å².